The van der Waals surface area contributed by atoms with Crippen LogP contribution in [0.5, 0.6) is 0 Å². The van der Waals surface area contributed by atoms with Crippen molar-refractivity contribution in [3.8, 4) is 0 Å². The summed E-state index contributed by atoms with van der Waals surface area (Å²) in [6.45, 7) is 9.49. The fraction of sp³-hybridized carbons (Fsp3) is 0.375. The molecule has 3 aromatic rings. The van der Waals surface area contributed by atoms with Gasteiger partial charge in [-0.2, -0.15) is 0 Å². The molecular weight excluding hydrogens is 522 g/mol. The van der Waals surface area contributed by atoms with E-state index in [9.17, 15) is 18.0 Å². The lowest BCUT2D eigenvalue weighted by Gasteiger charge is -2.34. The Balaban J connectivity index is 2.06. The van der Waals surface area contributed by atoms with Crippen molar-refractivity contribution in [2.24, 2.45) is 0 Å². The van der Waals surface area contributed by atoms with Crippen LogP contribution < -0.4 is 9.62 Å². The fourth-order valence-corrected chi connectivity index (χ4v) is 5.22. The third-order valence-corrected chi connectivity index (χ3v) is 8.34. The van der Waals surface area contributed by atoms with E-state index in [0.717, 1.165) is 44.8 Å². The van der Waals surface area contributed by atoms with Crippen LogP contribution >= 0.6 is 0 Å². The minimum atomic E-state index is -3.80. The highest BCUT2D eigenvalue weighted by Crippen LogP contribution is 2.23. The van der Waals surface area contributed by atoms with Crippen LogP contribution in [0.1, 0.15) is 48.1 Å². The first-order chi connectivity index (χ1) is 18.9. The van der Waals surface area contributed by atoms with Gasteiger partial charge in [0.15, 0.2) is 0 Å². The first-order valence-electron chi connectivity index (χ1n) is 13.6. The molecule has 0 heterocycles. The van der Waals surface area contributed by atoms with E-state index in [-0.39, 0.29) is 18.5 Å². The van der Waals surface area contributed by atoms with Crippen LogP contribution in [0.25, 0.3) is 0 Å². The number of sulfonamides is 1. The summed E-state index contributed by atoms with van der Waals surface area (Å²) >= 11 is 0. The summed E-state index contributed by atoms with van der Waals surface area (Å²) in [4.78, 5) is 29.4. The third kappa shape index (κ3) is 8.42. The number of rotatable bonds is 12. The van der Waals surface area contributed by atoms with Gasteiger partial charge in [-0.1, -0.05) is 73.2 Å². The van der Waals surface area contributed by atoms with Crippen LogP contribution in [0.4, 0.5) is 5.69 Å². The summed E-state index contributed by atoms with van der Waals surface area (Å²) in [7, 11) is -3.80. The molecule has 7 nitrogen and oxygen atoms in total. The third-order valence-electron chi connectivity index (χ3n) is 7.20. The second-order valence-corrected chi connectivity index (χ2v) is 12.5. The summed E-state index contributed by atoms with van der Waals surface area (Å²) in [6, 6.07) is 21.7. The van der Waals surface area contributed by atoms with Crippen molar-refractivity contribution in [2.75, 3.05) is 17.1 Å². The molecule has 0 aliphatic carbocycles. The maximum absolute atomic E-state index is 14.1. The first kappa shape index (κ1) is 30.9. The SMILES string of the molecule is CC[C@@H](C)NC(=O)[C@@H](Cc1ccccc1)N(Cc1ccc(C)cc1)C(=O)CN(c1ccc(C)c(C)c1)S(C)(=O)=O. The number of benzene rings is 3. The maximum Gasteiger partial charge on any atom is 0.244 e. The Kier molecular flexibility index (Phi) is 10.5. The number of carbonyl (C=O) groups excluding carboxylic acids is 2. The molecule has 3 aromatic carbocycles. The molecule has 0 unspecified atom stereocenters. The zero-order chi connectivity index (χ0) is 29.4. The highest BCUT2D eigenvalue weighted by atomic mass is 32.2. The van der Waals surface area contributed by atoms with Crippen molar-refractivity contribution in [3.05, 3.63) is 101 Å². The van der Waals surface area contributed by atoms with Crippen LogP contribution in [-0.2, 0) is 32.6 Å². The molecule has 40 heavy (non-hydrogen) atoms. The smallest absolute Gasteiger partial charge is 0.244 e. The minimum Gasteiger partial charge on any atom is -0.352 e. The zero-order valence-electron chi connectivity index (χ0n) is 24.3. The van der Waals surface area contributed by atoms with Gasteiger partial charge >= 0.3 is 0 Å². The van der Waals surface area contributed by atoms with Crippen molar-refractivity contribution in [1.29, 1.82) is 0 Å². The first-order valence-corrected chi connectivity index (χ1v) is 15.5. The number of nitrogens with one attached hydrogen (secondary N) is 1. The molecule has 2 atom stereocenters. The molecule has 0 bridgehead atoms. The monoisotopic (exact) mass is 563 g/mol. The van der Waals surface area contributed by atoms with E-state index in [1.807, 2.05) is 95.3 Å². The van der Waals surface area contributed by atoms with Gasteiger partial charge in [0, 0.05) is 19.0 Å². The number of carbonyl (C=O) groups is 2. The van der Waals surface area contributed by atoms with Gasteiger partial charge in [0.2, 0.25) is 21.8 Å². The minimum absolute atomic E-state index is 0.0786. The van der Waals surface area contributed by atoms with E-state index in [1.165, 1.54) is 4.90 Å². The van der Waals surface area contributed by atoms with Gasteiger partial charge in [-0.05, 0) is 68.5 Å². The predicted octanol–water partition coefficient (Wildman–Crippen LogP) is 4.93. The Morgan fingerprint density at radius 3 is 2.10 bits per heavy atom. The molecule has 0 fully saturated rings. The van der Waals surface area contributed by atoms with Crippen LogP contribution in [-0.4, -0.2) is 50.0 Å². The van der Waals surface area contributed by atoms with E-state index in [1.54, 1.807) is 12.1 Å². The fourth-order valence-electron chi connectivity index (χ4n) is 4.38. The van der Waals surface area contributed by atoms with Gasteiger partial charge in [0.05, 0.1) is 11.9 Å². The second kappa shape index (κ2) is 13.6. The number of anilines is 1. The molecule has 2 amide bonds. The van der Waals surface area contributed by atoms with Gasteiger partial charge in [-0.3, -0.25) is 13.9 Å². The topological polar surface area (TPSA) is 86.8 Å². The Bertz CT molecular complexity index is 1410. The van der Waals surface area contributed by atoms with Gasteiger partial charge in [-0.15, -0.1) is 0 Å². The molecule has 0 aliphatic heterocycles. The molecule has 0 saturated heterocycles. The molecule has 0 saturated carbocycles. The Hall–Kier alpha value is -3.65. The summed E-state index contributed by atoms with van der Waals surface area (Å²) in [6.07, 6.45) is 2.13. The van der Waals surface area contributed by atoms with Crippen LogP contribution in [0.3, 0.4) is 0 Å². The molecule has 214 valence electrons. The summed E-state index contributed by atoms with van der Waals surface area (Å²) < 4.78 is 27.0. The maximum atomic E-state index is 14.1. The second-order valence-electron chi connectivity index (χ2n) is 10.6. The van der Waals surface area contributed by atoms with E-state index in [0.29, 0.717) is 12.1 Å². The van der Waals surface area contributed by atoms with Crippen molar-refractivity contribution in [2.45, 2.75) is 66.1 Å². The molecule has 0 aliphatic rings. The van der Waals surface area contributed by atoms with Gasteiger partial charge in [0.25, 0.3) is 0 Å². The van der Waals surface area contributed by atoms with Crippen molar-refractivity contribution in [1.82, 2.24) is 10.2 Å². The van der Waals surface area contributed by atoms with Crippen molar-refractivity contribution >= 4 is 27.5 Å². The highest BCUT2D eigenvalue weighted by Gasteiger charge is 2.33. The normalized spacial score (nSPS) is 12.8. The molecule has 0 spiro atoms. The van der Waals surface area contributed by atoms with E-state index < -0.39 is 28.5 Å². The quantitative estimate of drug-likeness (QED) is 0.339. The number of aryl methyl sites for hydroxylation is 3. The Morgan fingerprint density at radius 2 is 1.52 bits per heavy atom. The molecule has 0 radical (unpaired) electrons. The lowest BCUT2D eigenvalue weighted by atomic mass is 10.0. The molecular formula is C32H41N3O4S. The summed E-state index contributed by atoms with van der Waals surface area (Å²) in [5.74, 6) is -0.722. The predicted molar refractivity (Wildman–Crippen MR) is 162 cm³/mol. The van der Waals surface area contributed by atoms with Crippen molar-refractivity contribution in [3.63, 3.8) is 0 Å². The van der Waals surface area contributed by atoms with Crippen molar-refractivity contribution < 1.29 is 18.0 Å². The van der Waals surface area contributed by atoms with Crippen LogP contribution in [0.15, 0.2) is 72.8 Å². The average molecular weight is 564 g/mol. The molecule has 0 aromatic heterocycles. The van der Waals surface area contributed by atoms with Crippen LogP contribution in [0, 0.1) is 20.8 Å². The van der Waals surface area contributed by atoms with E-state index >= 15 is 0 Å². The van der Waals surface area contributed by atoms with Gasteiger partial charge in [-0.25, -0.2) is 8.42 Å². The standard InChI is InChI=1S/C32H41N3O4S/c1-7-26(5)33-32(37)30(20-27-11-9-8-10-12-27)34(21-28-16-13-23(2)14-17-28)31(36)22-35(40(6,38)39)29-18-15-24(3)25(4)19-29/h8-19,26,30H,7,20-22H2,1-6H3,(H,33,37)/t26-,30-/m1/s1. The van der Waals surface area contributed by atoms with Gasteiger partial charge in [0.1, 0.15) is 12.6 Å². The number of nitrogens with zero attached hydrogens (tertiary/aromatic N) is 2. The van der Waals surface area contributed by atoms with Gasteiger partial charge < -0.3 is 10.2 Å². The average Bonchev–Trinajstić information content (AvgIpc) is 2.91. The number of hydrogen-bond donors (Lipinski definition) is 1. The highest BCUT2D eigenvalue weighted by molar-refractivity contribution is 7.92. The molecule has 1 N–H and O–H groups in total. The number of amides is 2. The summed E-state index contributed by atoms with van der Waals surface area (Å²) in [5.41, 5.74) is 5.19. The largest absolute Gasteiger partial charge is 0.352 e. The zero-order valence-corrected chi connectivity index (χ0v) is 25.2. The Labute approximate surface area is 239 Å². The van der Waals surface area contributed by atoms with E-state index in [4.69, 9.17) is 0 Å². The van der Waals surface area contributed by atoms with Crippen LogP contribution in [0.2, 0.25) is 0 Å². The summed E-state index contributed by atoms with van der Waals surface area (Å²) in [5, 5.41) is 3.04. The number of hydrogen-bond acceptors (Lipinski definition) is 4. The Morgan fingerprint density at radius 1 is 0.875 bits per heavy atom. The van der Waals surface area contributed by atoms with E-state index in [2.05, 4.69) is 5.32 Å². The lowest BCUT2D eigenvalue weighted by molar-refractivity contribution is -0.140. The molecule has 3 rings (SSSR count). The molecule has 8 heteroatoms. The lowest BCUT2D eigenvalue weighted by Crippen LogP contribution is -2.54.